The van der Waals surface area contributed by atoms with E-state index in [2.05, 4.69) is 22.8 Å². The van der Waals surface area contributed by atoms with Crippen LogP contribution in [0.3, 0.4) is 0 Å². The largest absolute Gasteiger partial charge is 0.364 e. The lowest BCUT2D eigenvalue weighted by Gasteiger charge is -2.43. The molecule has 5 nitrogen and oxygen atoms in total. The molecule has 0 saturated carbocycles. The van der Waals surface area contributed by atoms with Gasteiger partial charge in [0, 0.05) is 7.05 Å². The van der Waals surface area contributed by atoms with Crippen LogP contribution in [-0.4, -0.2) is 57.1 Å². The zero-order chi connectivity index (χ0) is 12.8. The first-order valence-corrected chi connectivity index (χ1v) is 7.24. The molecule has 0 amide bonds. The van der Waals surface area contributed by atoms with Crippen LogP contribution in [0.4, 0.5) is 0 Å². The number of fused-ring (bicyclic) bond motifs is 1. The summed E-state index contributed by atoms with van der Waals surface area (Å²) in [5, 5.41) is 8.17. The van der Waals surface area contributed by atoms with Gasteiger partial charge in [0.05, 0.1) is 37.8 Å². The highest BCUT2D eigenvalue weighted by Gasteiger charge is 2.54. The Morgan fingerprint density at radius 3 is 2.44 bits per heavy atom. The standard InChI is InChI=1S/C12H21N5S/c1-12-7-16-3-4-17(8-12)6-9(5-16)10(12)14-15-11(18)13-2/h9H,3-8H2,1-2H3,(H2,13,15,18)/p+2. The van der Waals surface area contributed by atoms with E-state index < -0.39 is 0 Å². The predicted octanol–water partition coefficient (Wildman–Crippen LogP) is -3.13. The van der Waals surface area contributed by atoms with Crippen LogP contribution in [0.2, 0.25) is 0 Å². The summed E-state index contributed by atoms with van der Waals surface area (Å²) in [6.07, 6.45) is 0. The van der Waals surface area contributed by atoms with Gasteiger partial charge in [-0.05, 0) is 19.1 Å². The third-order valence-electron chi connectivity index (χ3n) is 4.69. The lowest BCUT2D eigenvalue weighted by molar-refractivity contribution is -0.918. The van der Waals surface area contributed by atoms with E-state index in [9.17, 15) is 0 Å². The van der Waals surface area contributed by atoms with Crippen molar-refractivity contribution in [2.24, 2.45) is 16.4 Å². The van der Waals surface area contributed by atoms with Crippen molar-refractivity contribution in [2.75, 3.05) is 46.3 Å². The van der Waals surface area contributed by atoms with Crippen molar-refractivity contribution in [3.63, 3.8) is 0 Å². The van der Waals surface area contributed by atoms with Crippen molar-refractivity contribution in [3.05, 3.63) is 0 Å². The highest BCUT2D eigenvalue weighted by atomic mass is 32.1. The molecule has 100 valence electrons. The van der Waals surface area contributed by atoms with Gasteiger partial charge in [-0.15, -0.1) is 0 Å². The van der Waals surface area contributed by atoms with Gasteiger partial charge < -0.3 is 15.1 Å². The molecule has 0 spiro atoms. The first-order valence-electron chi connectivity index (χ1n) is 6.83. The van der Waals surface area contributed by atoms with Crippen LogP contribution < -0.4 is 20.5 Å². The van der Waals surface area contributed by atoms with Gasteiger partial charge in [-0.25, -0.2) is 0 Å². The van der Waals surface area contributed by atoms with Crippen molar-refractivity contribution in [1.82, 2.24) is 10.7 Å². The SMILES string of the molecule is CNC(=S)NN=C1C2C[NH+]3CC[NH+](C2)CC1(C)C3. The maximum atomic E-state index is 5.11. The van der Waals surface area contributed by atoms with Crippen LogP contribution in [0, 0.1) is 11.3 Å². The smallest absolute Gasteiger partial charge is 0.186 e. The molecule has 6 heteroatoms. The summed E-state index contributed by atoms with van der Waals surface area (Å²) in [7, 11) is 1.82. The van der Waals surface area contributed by atoms with Crippen LogP contribution in [0.1, 0.15) is 6.92 Å². The highest BCUT2D eigenvalue weighted by molar-refractivity contribution is 7.80. The second-order valence-electron chi connectivity index (χ2n) is 6.21. The number of hydrazone groups is 1. The van der Waals surface area contributed by atoms with Gasteiger partial charge in [-0.1, -0.05) is 0 Å². The third-order valence-corrected chi connectivity index (χ3v) is 4.99. The molecule has 18 heavy (non-hydrogen) atoms. The van der Waals surface area contributed by atoms with Crippen molar-refractivity contribution >= 4 is 23.0 Å². The molecule has 4 rings (SSSR count). The van der Waals surface area contributed by atoms with Crippen molar-refractivity contribution in [1.29, 1.82) is 0 Å². The Morgan fingerprint density at radius 2 is 1.94 bits per heavy atom. The van der Waals surface area contributed by atoms with E-state index in [1.54, 1.807) is 9.80 Å². The summed E-state index contributed by atoms with van der Waals surface area (Å²) >= 11 is 5.11. The molecule has 4 heterocycles. The minimum atomic E-state index is 0.263. The molecule has 4 N–H and O–H groups in total. The zero-order valence-corrected chi connectivity index (χ0v) is 12.0. The molecule has 0 aromatic heterocycles. The summed E-state index contributed by atoms with van der Waals surface area (Å²) in [6, 6.07) is 0. The Balaban J connectivity index is 1.85. The van der Waals surface area contributed by atoms with Crippen molar-refractivity contribution in [3.8, 4) is 0 Å². The van der Waals surface area contributed by atoms with E-state index in [1.807, 2.05) is 7.05 Å². The first kappa shape index (κ1) is 12.3. The summed E-state index contributed by atoms with van der Waals surface area (Å²) in [5.74, 6) is 0.636. The van der Waals surface area contributed by atoms with Gasteiger partial charge in [0.2, 0.25) is 0 Å². The van der Waals surface area contributed by atoms with Crippen LogP contribution >= 0.6 is 12.2 Å². The number of nitrogens with one attached hydrogen (secondary N) is 4. The van der Waals surface area contributed by atoms with Crippen LogP contribution in [0.25, 0.3) is 0 Å². The number of rotatable bonds is 1. The van der Waals surface area contributed by atoms with Crippen LogP contribution in [0.15, 0.2) is 5.10 Å². The minimum Gasteiger partial charge on any atom is -0.364 e. The van der Waals surface area contributed by atoms with Crippen LogP contribution in [-0.2, 0) is 0 Å². The van der Waals surface area contributed by atoms with Gasteiger partial charge in [0.15, 0.2) is 5.11 Å². The topological polar surface area (TPSA) is 45.3 Å². The fourth-order valence-electron chi connectivity index (χ4n) is 4.07. The molecule has 4 saturated heterocycles. The average Bonchev–Trinajstić information content (AvgIpc) is 2.55. The Morgan fingerprint density at radius 1 is 1.33 bits per heavy atom. The van der Waals surface area contributed by atoms with E-state index in [1.165, 1.54) is 45.0 Å². The molecular formula is C12H23N5S+2. The lowest BCUT2D eigenvalue weighted by atomic mass is 9.72. The average molecular weight is 269 g/mol. The number of thiocarbonyl (C=S) groups is 1. The lowest BCUT2D eigenvalue weighted by Crippen LogP contribution is -3.16. The number of piperidine rings is 2. The van der Waals surface area contributed by atoms with E-state index in [-0.39, 0.29) is 5.41 Å². The fourth-order valence-corrected chi connectivity index (χ4v) is 4.12. The third kappa shape index (κ3) is 2.02. The Bertz CT molecular complexity index is 378. The number of hydrogen-bond donors (Lipinski definition) is 4. The van der Waals surface area contributed by atoms with E-state index in [0.717, 1.165) is 0 Å². The second kappa shape index (κ2) is 4.43. The predicted molar refractivity (Wildman–Crippen MR) is 75.0 cm³/mol. The highest BCUT2D eigenvalue weighted by Crippen LogP contribution is 2.26. The van der Waals surface area contributed by atoms with Gasteiger partial charge in [0.1, 0.15) is 18.5 Å². The molecule has 4 aliphatic heterocycles. The zero-order valence-electron chi connectivity index (χ0n) is 11.2. The van der Waals surface area contributed by atoms with E-state index in [4.69, 9.17) is 12.2 Å². The number of quaternary nitrogens is 2. The maximum absolute atomic E-state index is 5.11. The van der Waals surface area contributed by atoms with E-state index in [0.29, 0.717) is 11.0 Å². The van der Waals surface area contributed by atoms with E-state index >= 15 is 0 Å². The molecule has 4 aliphatic rings. The second-order valence-corrected chi connectivity index (χ2v) is 6.62. The quantitative estimate of drug-likeness (QED) is 0.301. The normalized spacial score (nSPS) is 43.9. The molecule has 4 fully saturated rings. The molecule has 4 bridgehead atoms. The molecule has 0 aliphatic carbocycles. The molecular weight excluding hydrogens is 246 g/mol. The summed E-state index contributed by atoms with van der Waals surface area (Å²) in [4.78, 5) is 3.54. The van der Waals surface area contributed by atoms with Crippen molar-refractivity contribution in [2.45, 2.75) is 6.92 Å². The van der Waals surface area contributed by atoms with Gasteiger partial charge >= 0.3 is 0 Å². The summed E-state index contributed by atoms with van der Waals surface area (Å²) in [6.45, 7) is 10.0. The van der Waals surface area contributed by atoms with Crippen molar-refractivity contribution < 1.29 is 9.80 Å². The number of hydrogen-bond acceptors (Lipinski definition) is 2. The minimum absolute atomic E-state index is 0.263. The van der Waals surface area contributed by atoms with Gasteiger partial charge in [-0.3, -0.25) is 5.43 Å². The summed E-state index contributed by atoms with van der Waals surface area (Å²) in [5.41, 5.74) is 4.61. The molecule has 0 aromatic rings. The Hall–Kier alpha value is -0.720. The fraction of sp³-hybridized carbons (Fsp3) is 0.833. The van der Waals surface area contributed by atoms with Gasteiger partial charge in [0.25, 0.3) is 0 Å². The molecule has 2 atom stereocenters. The number of nitrogens with zero attached hydrogens (tertiary/aromatic N) is 1. The molecule has 0 aromatic carbocycles. The summed E-state index contributed by atoms with van der Waals surface area (Å²) < 4.78 is 0. The Kier molecular flexibility index (Phi) is 3.03. The van der Waals surface area contributed by atoms with Crippen LogP contribution in [0.5, 0.6) is 0 Å². The Labute approximate surface area is 114 Å². The first-order chi connectivity index (χ1) is 8.60. The monoisotopic (exact) mass is 269 g/mol. The molecule has 2 unspecified atom stereocenters. The molecule has 0 radical (unpaired) electrons. The van der Waals surface area contributed by atoms with Gasteiger partial charge in [-0.2, -0.15) is 5.10 Å². The maximum Gasteiger partial charge on any atom is 0.186 e.